The molecule has 0 spiro atoms. The molecular weight excluding hydrogens is 681 g/mol. The van der Waals surface area contributed by atoms with Crippen molar-refractivity contribution < 1.29 is 23.8 Å². The molecule has 2 aromatic carbocycles. The molecule has 0 saturated heterocycles. The number of aryl methyl sites for hydroxylation is 2. The maximum atomic E-state index is 12.1. The molecule has 0 aliphatic heterocycles. The van der Waals surface area contributed by atoms with Crippen LogP contribution >= 0.6 is 0 Å². The minimum absolute atomic E-state index is 0.0962. The van der Waals surface area contributed by atoms with E-state index < -0.39 is 12.2 Å². The van der Waals surface area contributed by atoms with Gasteiger partial charge in [0, 0.05) is 41.0 Å². The molecule has 11 heteroatoms. The number of hydrogen-bond acceptors (Lipinski definition) is 5. The van der Waals surface area contributed by atoms with Gasteiger partial charge in [-0.05, 0) is 155 Å². The maximum absolute atomic E-state index is 12.1. The van der Waals surface area contributed by atoms with Crippen molar-refractivity contribution in [2.24, 2.45) is 34.5 Å². The molecule has 0 aromatic heterocycles. The van der Waals surface area contributed by atoms with Crippen molar-refractivity contribution in [3.8, 4) is 11.5 Å². The van der Waals surface area contributed by atoms with Crippen LogP contribution in [0.15, 0.2) is 12.1 Å². The van der Waals surface area contributed by atoms with E-state index >= 15 is 0 Å². The van der Waals surface area contributed by atoms with E-state index in [0.717, 1.165) is 100 Å². The van der Waals surface area contributed by atoms with Crippen molar-refractivity contribution in [1.29, 1.82) is 0 Å². The first-order valence-electron chi connectivity index (χ1n) is 18.8. The maximum Gasteiger partial charge on any atom is 0.204 e. The molecule has 6 aliphatic carbocycles. The quantitative estimate of drug-likeness (QED) is 0.314. The summed E-state index contributed by atoms with van der Waals surface area (Å²) in [5.74, 6) is 5.81. The third-order valence-corrected chi connectivity index (χ3v) is 23.7. The normalized spacial score (nSPS) is 42.0. The molecule has 5 nitrogen and oxygen atoms in total. The zero-order valence-corrected chi connectivity index (χ0v) is 42.1. The van der Waals surface area contributed by atoms with Crippen molar-refractivity contribution in [3.05, 3.63) is 34.4 Å². The standard InChI is InChI=1S/C36H58O5Si6/c1-35-9-7-19-17(5-3-15-11-23(40-46)29(42)31(44)27(15)19)21(35)13-25(33(35)37)39-26-14-22-18-6-4-16-12-24(41-47)30(43)32(45)28(16)20(18)8-10-36(22,2)34(26)38/h11-12,17-22,25-26,33-34,37-38H,3-10,13-14H2,1-2,42-47H3/t17?,18?,19?,20?,21?,22?,25-,26-,33+,34+,35+,36+/m1/s1. The fourth-order valence-electron chi connectivity index (χ4n) is 13.0. The second-order valence-corrected chi connectivity index (χ2v) is 22.1. The van der Waals surface area contributed by atoms with Gasteiger partial charge < -0.3 is 23.8 Å². The minimum Gasteiger partial charge on any atom is -0.553 e. The summed E-state index contributed by atoms with van der Waals surface area (Å²) in [5.41, 5.74) is 6.29. The van der Waals surface area contributed by atoms with Gasteiger partial charge in [0.15, 0.2) is 0 Å². The molecule has 6 unspecified atom stereocenters. The summed E-state index contributed by atoms with van der Waals surface area (Å²) in [6.45, 7) is 4.75. The molecule has 8 rings (SSSR count). The van der Waals surface area contributed by atoms with Crippen LogP contribution in [0.3, 0.4) is 0 Å². The fourth-order valence-corrected chi connectivity index (χ4v) is 17.7. The van der Waals surface area contributed by atoms with Gasteiger partial charge in [-0.15, -0.1) is 0 Å². The Kier molecular flexibility index (Phi) is 8.45. The first kappa shape index (κ1) is 33.4. The van der Waals surface area contributed by atoms with E-state index in [0.29, 0.717) is 35.5 Å². The highest BCUT2D eigenvalue weighted by Crippen LogP contribution is 2.64. The Balaban J connectivity index is 1.03. The predicted molar refractivity (Wildman–Crippen MR) is 213 cm³/mol. The Bertz CT molecular complexity index is 1490. The topological polar surface area (TPSA) is 68.2 Å². The van der Waals surface area contributed by atoms with Gasteiger partial charge in [0.05, 0.1) is 24.4 Å². The summed E-state index contributed by atoms with van der Waals surface area (Å²) in [4.78, 5) is 0. The van der Waals surface area contributed by atoms with Crippen LogP contribution in [0.1, 0.15) is 99.3 Å². The van der Waals surface area contributed by atoms with Crippen molar-refractivity contribution >= 4 is 82.7 Å². The van der Waals surface area contributed by atoms with Gasteiger partial charge >= 0.3 is 0 Å². The molecule has 0 radical (unpaired) electrons. The molecular formula is C36H58O5Si6. The zero-order valence-electron chi connectivity index (χ0n) is 30.1. The molecule has 4 saturated carbocycles. The van der Waals surface area contributed by atoms with Crippen LogP contribution in [0.25, 0.3) is 0 Å². The Morgan fingerprint density at radius 3 is 1.43 bits per heavy atom. The highest BCUT2D eigenvalue weighted by molar-refractivity contribution is 6.51. The smallest absolute Gasteiger partial charge is 0.204 e. The van der Waals surface area contributed by atoms with Gasteiger partial charge in [-0.1, -0.05) is 24.2 Å². The Morgan fingerprint density at radius 1 is 0.638 bits per heavy atom. The van der Waals surface area contributed by atoms with Crippen LogP contribution in [0.5, 0.6) is 11.5 Å². The summed E-state index contributed by atoms with van der Waals surface area (Å²) in [5, 5.41) is 30.4. The van der Waals surface area contributed by atoms with E-state index in [9.17, 15) is 10.2 Å². The molecule has 256 valence electrons. The molecule has 0 heterocycles. The van der Waals surface area contributed by atoms with Gasteiger partial charge in [0.2, 0.25) is 21.0 Å². The molecule has 0 bridgehead atoms. The number of ether oxygens (including phenoxy) is 1. The number of aliphatic hydroxyl groups is 2. The van der Waals surface area contributed by atoms with E-state index in [2.05, 4.69) is 26.0 Å². The average Bonchev–Trinajstić information content (AvgIpc) is 3.48. The lowest BCUT2D eigenvalue weighted by Gasteiger charge is -2.50. The van der Waals surface area contributed by atoms with Gasteiger partial charge in [-0.25, -0.2) is 0 Å². The Labute approximate surface area is 299 Å². The van der Waals surface area contributed by atoms with Crippen LogP contribution < -0.4 is 29.6 Å². The van der Waals surface area contributed by atoms with Crippen molar-refractivity contribution in [1.82, 2.24) is 0 Å². The lowest BCUT2D eigenvalue weighted by atomic mass is 9.55. The van der Waals surface area contributed by atoms with Gasteiger partial charge in [0.25, 0.3) is 0 Å². The van der Waals surface area contributed by atoms with Crippen LogP contribution in [-0.2, 0) is 17.6 Å². The Morgan fingerprint density at radius 2 is 1.04 bits per heavy atom. The van der Waals surface area contributed by atoms with Crippen LogP contribution in [0.2, 0.25) is 0 Å². The molecule has 0 amide bonds. The van der Waals surface area contributed by atoms with Gasteiger partial charge in [-0.2, -0.15) is 0 Å². The number of hydrogen-bond donors (Lipinski definition) is 2. The predicted octanol–water partition coefficient (Wildman–Crippen LogP) is -3.92. The van der Waals surface area contributed by atoms with E-state index in [1.165, 1.54) is 47.6 Å². The van der Waals surface area contributed by atoms with E-state index in [1.54, 1.807) is 32.6 Å². The fraction of sp³-hybridized carbons (Fsp3) is 0.667. The van der Waals surface area contributed by atoms with E-state index in [1.807, 2.05) is 0 Å². The third kappa shape index (κ3) is 4.76. The molecule has 12 atom stereocenters. The highest BCUT2D eigenvalue weighted by atomic mass is 28.2. The summed E-state index contributed by atoms with van der Waals surface area (Å²) in [7, 11) is 5.80. The number of fused-ring (bicyclic) bond motifs is 10. The van der Waals surface area contributed by atoms with Crippen molar-refractivity contribution in [2.45, 2.75) is 114 Å². The van der Waals surface area contributed by atoms with Gasteiger partial charge in [-0.3, -0.25) is 0 Å². The third-order valence-electron chi connectivity index (χ3n) is 15.8. The number of aliphatic hydroxyl groups excluding tert-OH is 2. The molecule has 2 N–H and O–H groups in total. The molecule has 6 aliphatic rings. The van der Waals surface area contributed by atoms with Crippen LogP contribution in [-0.4, -0.2) is 96.6 Å². The van der Waals surface area contributed by atoms with Gasteiger partial charge in [0.1, 0.15) is 11.5 Å². The first-order chi connectivity index (χ1) is 22.4. The largest absolute Gasteiger partial charge is 0.553 e. The highest BCUT2D eigenvalue weighted by Gasteiger charge is 2.62. The second-order valence-electron chi connectivity index (χ2n) is 17.3. The van der Waals surface area contributed by atoms with E-state index in [4.69, 9.17) is 13.6 Å². The average molecular weight is 739 g/mol. The SMILES string of the molecule is C[C@]12CCC3c4c(cc(O[SiH3])c([SiH3])c4[SiH3])CCC3C1C[C@@H](O[C@@H]1CC3C4CCc5cc(O[SiH3])c([SiH3])c([SiH3])c5C4CC[C@]3(C)[C@H]1O)[C@@H]2O. The second kappa shape index (κ2) is 11.9. The minimum atomic E-state index is -0.449. The summed E-state index contributed by atoms with van der Waals surface area (Å²) >= 11 is 0. The molecule has 4 fully saturated rings. The molecule has 47 heavy (non-hydrogen) atoms. The number of benzene rings is 2. The Hall–Kier alpha value is -0.779. The number of rotatable bonds is 4. The van der Waals surface area contributed by atoms with Crippen molar-refractivity contribution in [3.63, 3.8) is 0 Å². The summed E-state index contributed by atoms with van der Waals surface area (Å²) in [6.07, 6.45) is 9.89. The van der Waals surface area contributed by atoms with E-state index in [-0.39, 0.29) is 23.0 Å². The molecule has 2 aromatic rings. The van der Waals surface area contributed by atoms with Crippen molar-refractivity contribution in [2.75, 3.05) is 0 Å². The van der Waals surface area contributed by atoms with Crippen LogP contribution in [0.4, 0.5) is 0 Å². The lowest BCUT2D eigenvalue weighted by molar-refractivity contribution is -0.129. The zero-order chi connectivity index (χ0) is 33.2. The summed E-state index contributed by atoms with van der Waals surface area (Å²) in [6, 6.07) is 4.79. The monoisotopic (exact) mass is 738 g/mol. The first-order valence-corrected chi connectivity index (χ1v) is 24.4. The van der Waals surface area contributed by atoms with Crippen LogP contribution in [0, 0.1) is 34.5 Å². The lowest BCUT2D eigenvalue weighted by Crippen LogP contribution is -2.48. The summed E-state index contributed by atoms with van der Waals surface area (Å²) < 4.78 is 18.9.